The fourth-order valence-corrected chi connectivity index (χ4v) is 5.21. The van der Waals surface area contributed by atoms with Crippen LogP contribution >= 0.6 is 67.8 Å². The molecule has 0 radical (unpaired) electrons. The highest BCUT2D eigenvalue weighted by Crippen LogP contribution is 2.27. The van der Waals surface area contributed by atoms with Crippen molar-refractivity contribution in [3.8, 4) is 0 Å². The van der Waals surface area contributed by atoms with E-state index in [0.717, 1.165) is 16.4 Å². The van der Waals surface area contributed by atoms with E-state index in [0.29, 0.717) is 0 Å². The Morgan fingerprint density at radius 3 is 2.37 bits per heavy atom. The van der Waals surface area contributed by atoms with E-state index >= 15 is 0 Å². The monoisotopic (exact) mass is 600 g/mol. The van der Waals surface area contributed by atoms with Crippen molar-refractivity contribution in [1.82, 2.24) is 4.90 Å². The number of aliphatic hydroxyl groups excluding tert-OH is 1. The number of hydrogen-bond donors (Lipinski definition) is 2. The number of likely N-dealkylation sites (N-methyl/N-ethyl adjacent to an activating group) is 1. The minimum atomic E-state index is -0.0696. The minimum absolute atomic E-state index is 0.0272. The summed E-state index contributed by atoms with van der Waals surface area (Å²) in [5, 5.41) is 12.0. The Kier molecular flexibility index (Phi) is 7.79. The van der Waals surface area contributed by atoms with Crippen LogP contribution in [0.1, 0.15) is 6.92 Å². The van der Waals surface area contributed by atoms with Crippen LogP contribution in [0.25, 0.3) is 0 Å². The summed E-state index contributed by atoms with van der Waals surface area (Å²) in [5.74, 6) is -0.0696. The van der Waals surface area contributed by atoms with Crippen LogP contribution in [-0.2, 0) is 4.79 Å². The maximum absolute atomic E-state index is 12.0. The third kappa shape index (κ3) is 5.59. The first-order valence-electron chi connectivity index (χ1n) is 5.60. The number of carbonyl (C=O) groups excluding carboxylic acids is 1. The van der Waals surface area contributed by atoms with Gasteiger partial charge in [0.15, 0.2) is 0 Å². The molecule has 0 aliphatic carbocycles. The first-order chi connectivity index (χ1) is 8.85. The molecule has 0 saturated heterocycles. The lowest BCUT2D eigenvalue weighted by Crippen LogP contribution is -2.38. The average Bonchev–Trinajstić information content (AvgIpc) is 2.32. The van der Waals surface area contributed by atoms with Crippen LogP contribution in [0.5, 0.6) is 0 Å². The summed E-state index contributed by atoms with van der Waals surface area (Å²) in [6, 6.07) is 4.03. The van der Waals surface area contributed by atoms with Crippen molar-refractivity contribution >= 4 is 79.4 Å². The number of carbonyl (C=O) groups is 1. The quantitative estimate of drug-likeness (QED) is 0.512. The van der Waals surface area contributed by atoms with Crippen LogP contribution in [-0.4, -0.2) is 42.2 Å². The molecular weight excluding hydrogens is 585 g/mol. The van der Waals surface area contributed by atoms with Crippen LogP contribution in [0.4, 0.5) is 5.69 Å². The molecule has 1 atom stereocenters. The number of hydrogen-bond acceptors (Lipinski definition) is 3. The molecule has 0 aliphatic rings. The molecule has 0 bridgehead atoms. The minimum Gasteiger partial charge on any atom is -0.395 e. The summed E-state index contributed by atoms with van der Waals surface area (Å²) >= 11 is 6.70. The highest BCUT2D eigenvalue weighted by Gasteiger charge is 2.14. The standard InChI is InChI=1S/C12H15I3N2O2/c1-7(6-18)17(2)5-11(19)16-12-9(14)3-8(13)4-10(12)15/h3-4,7,18H,5-6H2,1-2H3,(H,16,19). The van der Waals surface area contributed by atoms with E-state index in [2.05, 4.69) is 73.1 Å². The van der Waals surface area contributed by atoms with Crippen LogP contribution in [0.2, 0.25) is 0 Å². The Morgan fingerprint density at radius 1 is 1.37 bits per heavy atom. The molecule has 1 amide bonds. The average molecular weight is 600 g/mol. The Hall–Kier alpha value is 0.800. The number of benzene rings is 1. The molecule has 2 N–H and O–H groups in total. The lowest BCUT2D eigenvalue weighted by molar-refractivity contribution is -0.117. The number of rotatable bonds is 5. The maximum Gasteiger partial charge on any atom is 0.238 e. The number of aliphatic hydroxyl groups is 1. The first kappa shape index (κ1) is 17.9. The van der Waals surface area contributed by atoms with E-state index < -0.39 is 0 Å². The number of anilines is 1. The topological polar surface area (TPSA) is 52.6 Å². The van der Waals surface area contributed by atoms with Crippen LogP contribution in [0, 0.1) is 10.7 Å². The highest BCUT2D eigenvalue weighted by atomic mass is 127. The molecule has 0 aromatic heterocycles. The van der Waals surface area contributed by atoms with Gasteiger partial charge in [0.25, 0.3) is 0 Å². The third-order valence-corrected chi connectivity index (χ3v) is 5.01. The lowest BCUT2D eigenvalue weighted by Gasteiger charge is -2.22. The molecule has 1 aromatic rings. The first-order valence-corrected chi connectivity index (χ1v) is 8.84. The van der Waals surface area contributed by atoms with Gasteiger partial charge in [-0.15, -0.1) is 0 Å². The van der Waals surface area contributed by atoms with Gasteiger partial charge in [-0.2, -0.15) is 0 Å². The molecule has 0 aliphatic heterocycles. The second-order valence-electron chi connectivity index (χ2n) is 4.24. The largest absolute Gasteiger partial charge is 0.395 e. The van der Waals surface area contributed by atoms with E-state index in [-0.39, 0.29) is 25.1 Å². The number of nitrogens with one attached hydrogen (secondary N) is 1. The van der Waals surface area contributed by atoms with E-state index in [9.17, 15) is 4.79 Å². The zero-order valence-corrected chi connectivity index (χ0v) is 17.1. The van der Waals surface area contributed by atoms with Gasteiger partial charge in [-0.1, -0.05) is 0 Å². The summed E-state index contributed by atoms with van der Waals surface area (Å²) < 4.78 is 3.20. The van der Waals surface area contributed by atoms with Crippen molar-refractivity contribution in [3.63, 3.8) is 0 Å². The molecule has 0 spiro atoms. The number of halogens is 3. The Balaban J connectivity index is 2.73. The van der Waals surface area contributed by atoms with Crippen molar-refractivity contribution in [1.29, 1.82) is 0 Å². The molecule has 7 heteroatoms. The fraction of sp³-hybridized carbons (Fsp3) is 0.417. The zero-order chi connectivity index (χ0) is 14.6. The second-order valence-corrected chi connectivity index (χ2v) is 7.81. The van der Waals surface area contributed by atoms with E-state index in [1.165, 1.54) is 0 Å². The molecule has 0 heterocycles. The second kappa shape index (κ2) is 8.29. The van der Waals surface area contributed by atoms with Crippen LogP contribution in [0.15, 0.2) is 12.1 Å². The molecule has 19 heavy (non-hydrogen) atoms. The summed E-state index contributed by atoms with van der Waals surface area (Å²) in [4.78, 5) is 13.8. The summed E-state index contributed by atoms with van der Waals surface area (Å²) in [5.41, 5.74) is 0.858. The van der Waals surface area contributed by atoms with Gasteiger partial charge in [-0.25, -0.2) is 0 Å². The van der Waals surface area contributed by atoms with Gasteiger partial charge in [-0.05, 0) is 93.9 Å². The Bertz CT molecular complexity index is 445. The third-order valence-electron chi connectivity index (χ3n) is 2.68. The molecular formula is C12H15I3N2O2. The van der Waals surface area contributed by atoms with Crippen LogP contribution in [0.3, 0.4) is 0 Å². The highest BCUT2D eigenvalue weighted by molar-refractivity contribution is 14.1. The van der Waals surface area contributed by atoms with Gasteiger partial charge in [-0.3, -0.25) is 9.69 Å². The molecule has 4 nitrogen and oxygen atoms in total. The van der Waals surface area contributed by atoms with Gasteiger partial charge in [0.2, 0.25) is 5.91 Å². The zero-order valence-electron chi connectivity index (χ0n) is 10.6. The maximum atomic E-state index is 12.0. The van der Waals surface area contributed by atoms with E-state index in [1.54, 1.807) is 0 Å². The Labute approximate surface area is 154 Å². The number of nitrogens with zero attached hydrogens (tertiary/aromatic N) is 1. The number of amides is 1. The summed E-state index contributed by atoms with van der Waals surface area (Å²) in [7, 11) is 1.82. The van der Waals surface area contributed by atoms with Crippen molar-refractivity contribution in [3.05, 3.63) is 22.8 Å². The molecule has 0 fully saturated rings. The van der Waals surface area contributed by atoms with Gasteiger partial charge < -0.3 is 10.4 Å². The molecule has 1 aromatic carbocycles. The molecule has 1 unspecified atom stereocenters. The van der Waals surface area contributed by atoms with Crippen LogP contribution < -0.4 is 5.32 Å². The van der Waals surface area contributed by atoms with Gasteiger partial charge in [0.05, 0.1) is 18.8 Å². The van der Waals surface area contributed by atoms with Gasteiger partial charge in [0, 0.05) is 16.8 Å². The molecule has 106 valence electrons. The normalized spacial score (nSPS) is 12.6. The van der Waals surface area contributed by atoms with Gasteiger partial charge in [0.1, 0.15) is 0 Å². The smallest absolute Gasteiger partial charge is 0.238 e. The predicted octanol–water partition coefficient (Wildman–Crippen LogP) is 2.75. The van der Waals surface area contributed by atoms with Crippen molar-refractivity contribution in [2.24, 2.45) is 0 Å². The summed E-state index contributed by atoms with van der Waals surface area (Å²) in [6.45, 7) is 2.19. The van der Waals surface area contributed by atoms with E-state index in [4.69, 9.17) is 5.11 Å². The predicted molar refractivity (Wildman–Crippen MR) is 102 cm³/mol. The SMILES string of the molecule is CC(CO)N(C)CC(=O)Nc1c(I)cc(I)cc1I. The van der Waals surface area contributed by atoms with E-state index in [1.807, 2.05) is 31.0 Å². The lowest BCUT2D eigenvalue weighted by atomic mass is 10.3. The molecule has 1 rings (SSSR count). The summed E-state index contributed by atoms with van der Waals surface area (Å²) in [6.07, 6.45) is 0. The van der Waals surface area contributed by atoms with Crippen molar-refractivity contribution in [2.45, 2.75) is 13.0 Å². The van der Waals surface area contributed by atoms with Crippen molar-refractivity contribution < 1.29 is 9.90 Å². The Morgan fingerprint density at radius 2 is 1.89 bits per heavy atom. The fourth-order valence-electron chi connectivity index (χ4n) is 1.36. The van der Waals surface area contributed by atoms with Gasteiger partial charge >= 0.3 is 0 Å². The molecule has 0 saturated carbocycles. The van der Waals surface area contributed by atoms with Crippen molar-refractivity contribution in [2.75, 3.05) is 25.5 Å².